The van der Waals surface area contributed by atoms with Gasteiger partial charge in [0.05, 0.1) is 17.7 Å². The fourth-order valence-electron chi connectivity index (χ4n) is 1.53. The number of nitrogens with two attached hydrogens (primary N) is 1. The maximum Gasteiger partial charge on any atom is 0.128 e. The Morgan fingerprint density at radius 2 is 2.24 bits per heavy atom. The van der Waals surface area contributed by atoms with Crippen LogP contribution >= 0.6 is 11.3 Å². The molecule has 5 heteroatoms. The Labute approximate surface area is 105 Å². The van der Waals surface area contributed by atoms with E-state index >= 15 is 0 Å². The maximum atomic E-state index is 5.79. The minimum Gasteiger partial charge on any atom is -0.354 e. The molecule has 0 fully saturated rings. The van der Waals surface area contributed by atoms with E-state index in [9.17, 15) is 0 Å². The number of anilines is 1. The molecule has 0 aromatic carbocycles. The van der Waals surface area contributed by atoms with Crippen LogP contribution in [-0.4, -0.2) is 17.0 Å². The van der Waals surface area contributed by atoms with Gasteiger partial charge < -0.3 is 10.6 Å². The number of rotatable bonds is 4. The first-order valence-corrected chi connectivity index (χ1v) is 6.41. The summed E-state index contributed by atoms with van der Waals surface area (Å²) in [6.45, 7) is 2.73. The Morgan fingerprint density at radius 1 is 1.41 bits per heavy atom. The predicted octanol–water partition coefficient (Wildman–Crippen LogP) is 2.19. The lowest BCUT2D eigenvalue weighted by molar-refractivity contribution is 0.806. The molecule has 0 aliphatic rings. The largest absolute Gasteiger partial charge is 0.354 e. The fourth-order valence-corrected chi connectivity index (χ4v) is 2.08. The molecule has 4 nitrogen and oxygen atoms in total. The van der Waals surface area contributed by atoms with Gasteiger partial charge in [0.15, 0.2) is 0 Å². The number of hydrogen-bond acceptors (Lipinski definition) is 5. The summed E-state index contributed by atoms with van der Waals surface area (Å²) in [7, 11) is 2.01. The van der Waals surface area contributed by atoms with Crippen LogP contribution in [0, 0.1) is 0 Å². The minimum atomic E-state index is 0.0281. The van der Waals surface area contributed by atoms with Crippen molar-refractivity contribution in [2.45, 2.75) is 19.5 Å². The predicted molar refractivity (Wildman–Crippen MR) is 71.1 cm³/mol. The van der Waals surface area contributed by atoms with E-state index in [1.165, 1.54) is 0 Å². The zero-order valence-electron chi connectivity index (χ0n) is 10.00. The molecule has 17 heavy (non-hydrogen) atoms. The monoisotopic (exact) mass is 248 g/mol. The topological polar surface area (TPSA) is 55.0 Å². The van der Waals surface area contributed by atoms with E-state index in [1.807, 2.05) is 43.2 Å². The summed E-state index contributed by atoms with van der Waals surface area (Å²) in [4.78, 5) is 10.7. The maximum absolute atomic E-state index is 5.79. The van der Waals surface area contributed by atoms with Crippen molar-refractivity contribution in [3.8, 4) is 0 Å². The number of pyridine rings is 1. The van der Waals surface area contributed by atoms with Gasteiger partial charge in [-0.1, -0.05) is 6.07 Å². The molecule has 2 rings (SSSR count). The SMILES string of the molecule is C[C@H](N)c1ccc(N(C)Cc2cscn2)nc1. The van der Waals surface area contributed by atoms with Gasteiger partial charge in [0.2, 0.25) is 0 Å². The molecule has 1 atom stereocenters. The molecule has 2 heterocycles. The van der Waals surface area contributed by atoms with E-state index in [1.54, 1.807) is 11.3 Å². The molecule has 0 saturated heterocycles. The van der Waals surface area contributed by atoms with Crippen molar-refractivity contribution in [3.05, 3.63) is 40.5 Å². The van der Waals surface area contributed by atoms with Gasteiger partial charge in [-0.2, -0.15) is 0 Å². The third kappa shape index (κ3) is 3.01. The molecule has 0 spiro atoms. The molecule has 0 aliphatic carbocycles. The second-order valence-corrected chi connectivity index (χ2v) is 4.79. The Bertz CT molecular complexity index is 450. The van der Waals surface area contributed by atoms with Gasteiger partial charge in [-0.05, 0) is 18.6 Å². The van der Waals surface area contributed by atoms with E-state index < -0.39 is 0 Å². The van der Waals surface area contributed by atoms with Crippen molar-refractivity contribution in [1.82, 2.24) is 9.97 Å². The molecular formula is C12H16N4S. The van der Waals surface area contributed by atoms with Crippen molar-refractivity contribution in [2.75, 3.05) is 11.9 Å². The first kappa shape index (κ1) is 12.0. The van der Waals surface area contributed by atoms with Crippen molar-refractivity contribution in [1.29, 1.82) is 0 Å². The summed E-state index contributed by atoms with van der Waals surface area (Å²) in [5.74, 6) is 0.933. The van der Waals surface area contributed by atoms with Crippen LogP contribution in [0.5, 0.6) is 0 Å². The first-order valence-electron chi connectivity index (χ1n) is 5.46. The van der Waals surface area contributed by atoms with Crippen LogP contribution in [0.1, 0.15) is 24.2 Å². The van der Waals surface area contributed by atoms with Gasteiger partial charge in [-0.25, -0.2) is 9.97 Å². The van der Waals surface area contributed by atoms with Gasteiger partial charge in [-0.15, -0.1) is 11.3 Å². The first-order chi connectivity index (χ1) is 8.16. The zero-order chi connectivity index (χ0) is 12.3. The van der Waals surface area contributed by atoms with Gasteiger partial charge in [0, 0.05) is 24.7 Å². The summed E-state index contributed by atoms with van der Waals surface area (Å²) in [5, 5.41) is 2.05. The number of hydrogen-bond donors (Lipinski definition) is 1. The molecule has 0 aliphatic heterocycles. The van der Waals surface area contributed by atoms with Crippen LogP contribution in [0.2, 0.25) is 0 Å². The van der Waals surface area contributed by atoms with Crippen LogP contribution in [0.15, 0.2) is 29.2 Å². The molecule has 2 N–H and O–H groups in total. The van der Waals surface area contributed by atoms with E-state index in [0.717, 1.165) is 23.6 Å². The normalized spacial score (nSPS) is 12.4. The van der Waals surface area contributed by atoms with Crippen LogP contribution in [0.4, 0.5) is 5.82 Å². The lowest BCUT2D eigenvalue weighted by atomic mass is 10.1. The Morgan fingerprint density at radius 3 is 2.76 bits per heavy atom. The lowest BCUT2D eigenvalue weighted by Gasteiger charge is -2.17. The molecule has 90 valence electrons. The zero-order valence-corrected chi connectivity index (χ0v) is 10.8. The highest BCUT2D eigenvalue weighted by Crippen LogP contribution is 2.15. The number of aromatic nitrogens is 2. The van der Waals surface area contributed by atoms with Crippen molar-refractivity contribution in [2.24, 2.45) is 5.73 Å². The third-order valence-electron chi connectivity index (χ3n) is 2.57. The van der Waals surface area contributed by atoms with Crippen molar-refractivity contribution >= 4 is 17.2 Å². The third-order valence-corrected chi connectivity index (χ3v) is 3.21. The molecule has 0 radical (unpaired) electrons. The summed E-state index contributed by atoms with van der Waals surface area (Å²) in [6, 6.07) is 4.04. The smallest absolute Gasteiger partial charge is 0.128 e. The van der Waals surface area contributed by atoms with Crippen LogP contribution < -0.4 is 10.6 Å². The molecule has 2 aromatic heterocycles. The lowest BCUT2D eigenvalue weighted by Crippen LogP contribution is -2.18. The summed E-state index contributed by atoms with van der Waals surface area (Å²) < 4.78 is 0. The molecule has 0 bridgehead atoms. The highest BCUT2D eigenvalue weighted by Gasteiger charge is 2.06. The summed E-state index contributed by atoms with van der Waals surface area (Å²) in [5.41, 5.74) is 9.75. The minimum absolute atomic E-state index is 0.0281. The molecule has 0 saturated carbocycles. The van der Waals surface area contributed by atoms with Gasteiger partial charge >= 0.3 is 0 Å². The molecule has 0 amide bonds. The van der Waals surface area contributed by atoms with Crippen molar-refractivity contribution < 1.29 is 0 Å². The van der Waals surface area contributed by atoms with E-state index in [0.29, 0.717) is 0 Å². The van der Waals surface area contributed by atoms with E-state index in [-0.39, 0.29) is 6.04 Å². The second-order valence-electron chi connectivity index (χ2n) is 4.07. The second kappa shape index (κ2) is 5.25. The van der Waals surface area contributed by atoms with E-state index in [4.69, 9.17) is 5.73 Å². The van der Waals surface area contributed by atoms with Crippen LogP contribution in [-0.2, 0) is 6.54 Å². The Balaban J connectivity index is 2.06. The Hall–Kier alpha value is -1.46. The molecule has 0 unspecified atom stereocenters. The average Bonchev–Trinajstić information content (AvgIpc) is 2.82. The van der Waals surface area contributed by atoms with Crippen LogP contribution in [0.3, 0.4) is 0 Å². The highest BCUT2D eigenvalue weighted by atomic mass is 32.1. The van der Waals surface area contributed by atoms with Crippen LogP contribution in [0.25, 0.3) is 0 Å². The summed E-state index contributed by atoms with van der Waals surface area (Å²) in [6.07, 6.45) is 1.83. The fraction of sp³-hybridized carbons (Fsp3) is 0.333. The standard InChI is InChI=1S/C12H16N4S/c1-9(13)10-3-4-12(14-5-10)16(2)6-11-7-17-8-15-11/h3-5,7-9H,6,13H2,1-2H3/t9-/m0/s1. The quantitative estimate of drug-likeness (QED) is 0.901. The van der Waals surface area contributed by atoms with Gasteiger partial charge in [0.25, 0.3) is 0 Å². The van der Waals surface area contributed by atoms with Gasteiger partial charge in [-0.3, -0.25) is 0 Å². The van der Waals surface area contributed by atoms with Crippen molar-refractivity contribution in [3.63, 3.8) is 0 Å². The number of thiazole rings is 1. The van der Waals surface area contributed by atoms with Gasteiger partial charge in [0.1, 0.15) is 5.82 Å². The Kier molecular flexibility index (Phi) is 3.71. The average molecular weight is 248 g/mol. The summed E-state index contributed by atoms with van der Waals surface area (Å²) >= 11 is 1.61. The molecular weight excluding hydrogens is 232 g/mol. The van der Waals surface area contributed by atoms with E-state index in [2.05, 4.69) is 14.9 Å². The highest BCUT2D eigenvalue weighted by molar-refractivity contribution is 7.07. The number of nitrogens with zero attached hydrogens (tertiary/aromatic N) is 3. The molecule has 2 aromatic rings.